The van der Waals surface area contributed by atoms with E-state index in [1.165, 1.54) is 11.3 Å². The number of hydrogen-bond donors (Lipinski definition) is 0. The van der Waals surface area contributed by atoms with Crippen molar-refractivity contribution in [3.63, 3.8) is 0 Å². The second-order valence-electron chi connectivity index (χ2n) is 4.09. The Morgan fingerprint density at radius 2 is 2.21 bits per heavy atom. The van der Waals surface area contributed by atoms with Gasteiger partial charge in [-0.05, 0) is 18.4 Å². The number of carbonyl (C=O) groups excluding carboxylic acids is 1. The highest BCUT2D eigenvalue weighted by molar-refractivity contribution is 5.82. The van der Waals surface area contributed by atoms with E-state index >= 15 is 0 Å². The lowest BCUT2D eigenvalue weighted by molar-refractivity contribution is -0.127. The minimum Gasteiger partial charge on any atom is -0.316 e. The Morgan fingerprint density at radius 3 is 3.14 bits per heavy atom. The van der Waals surface area contributed by atoms with Gasteiger partial charge in [0.2, 0.25) is 5.91 Å². The van der Waals surface area contributed by atoms with Crippen molar-refractivity contribution in [3.8, 4) is 0 Å². The van der Waals surface area contributed by atoms with Crippen LogP contribution in [0.15, 0.2) is 35.6 Å². The maximum atomic E-state index is 11.5. The molecule has 3 aliphatic rings. The van der Waals surface area contributed by atoms with Gasteiger partial charge in [0.05, 0.1) is 0 Å². The first-order valence-corrected chi connectivity index (χ1v) is 5.24. The Hall–Kier alpha value is -1.31. The van der Waals surface area contributed by atoms with Crippen LogP contribution in [0, 0.1) is 5.92 Å². The van der Waals surface area contributed by atoms with E-state index < -0.39 is 0 Å². The monoisotopic (exact) mass is 187 g/mol. The number of amides is 1. The van der Waals surface area contributed by atoms with Crippen LogP contribution in [0.4, 0.5) is 0 Å². The number of fused-ring (bicyclic) bond motifs is 2. The van der Waals surface area contributed by atoms with Crippen LogP contribution in [0.25, 0.3) is 0 Å². The molecule has 0 spiro atoms. The summed E-state index contributed by atoms with van der Waals surface area (Å²) in [6.07, 6.45) is 11.4. The van der Waals surface area contributed by atoms with Crippen molar-refractivity contribution in [1.82, 2.24) is 4.90 Å². The van der Waals surface area contributed by atoms with E-state index in [9.17, 15) is 4.79 Å². The van der Waals surface area contributed by atoms with Crippen molar-refractivity contribution in [1.29, 1.82) is 0 Å². The molecule has 3 rings (SSSR count). The molecular weight excluding hydrogens is 174 g/mol. The minimum atomic E-state index is 0.314. The first-order chi connectivity index (χ1) is 6.86. The van der Waals surface area contributed by atoms with Gasteiger partial charge in [-0.25, -0.2) is 0 Å². The van der Waals surface area contributed by atoms with E-state index in [4.69, 9.17) is 0 Å². The molecule has 14 heavy (non-hydrogen) atoms. The molecule has 2 aliphatic heterocycles. The van der Waals surface area contributed by atoms with E-state index in [1.807, 2.05) is 4.90 Å². The van der Waals surface area contributed by atoms with E-state index in [-0.39, 0.29) is 0 Å². The normalized spacial score (nSPS) is 29.6. The van der Waals surface area contributed by atoms with E-state index in [0.717, 1.165) is 19.4 Å². The molecule has 2 heterocycles. The summed E-state index contributed by atoms with van der Waals surface area (Å²) in [6.45, 7) is 0.917. The Labute approximate surface area is 83.6 Å². The van der Waals surface area contributed by atoms with Gasteiger partial charge < -0.3 is 4.90 Å². The zero-order valence-corrected chi connectivity index (χ0v) is 8.07. The van der Waals surface area contributed by atoms with Gasteiger partial charge in [0, 0.05) is 24.6 Å². The average molecular weight is 187 g/mol. The van der Waals surface area contributed by atoms with Crippen molar-refractivity contribution in [2.24, 2.45) is 5.92 Å². The zero-order chi connectivity index (χ0) is 9.54. The lowest BCUT2D eigenvalue weighted by atomic mass is 9.87. The molecule has 0 aromatic carbocycles. The maximum absolute atomic E-state index is 11.5. The van der Waals surface area contributed by atoms with Crippen LogP contribution in [-0.2, 0) is 4.79 Å². The second-order valence-corrected chi connectivity index (χ2v) is 4.09. The van der Waals surface area contributed by atoms with Crippen LogP contribution in [0.1, 0.15) is 19.3 Å². The molecule has 1 aliphatic carbocycles. The van der Waals surface area contributed by atoms with Gasteiger partial charge in [-0.15, -0.1) is 0 Å². The Bertz CT molecular complexity index is 376. The van der Waals surface area contributed by atoms with Gasteiger partial charge in [-0.1, -0.05) is 24.3 Å². The van der Waals surface area contributed by atoms with Gasteiger partial charge in [0.15, 0.2) is 0 Å². The van der Waals surface area contributed by atoms with Crippen LogP contribution in [-0.4, -0.2) is 17.4 Å². The number of rotatable bonds is 0. The molecule has 0 aromatic heterocycles. The summed E-state index contributed by atoms with van der Waals surface area (Å²) in [7, 11) is 0. The number of nitrogens with zero attached hydrogens (tertiary/aromatic N) is 1. The van der Waals surface area contributed by atoms with Crippen molar-refractivity contribution < 1.29 is 4.79 Å². The Morgan fingerprint density at radius 1 is 1.29 bits per heavy atom. The SMILES string of the molecule is O=C1CCC2=C3C=CC=CC3CCN12. The number of carbonyl (C=O) groups is 1. The fourth-order valence-electron chi connectivity index (χ4n) is 2.62. The highest BCUT2D eigenvalue weighted by atomic mass is 16.2. The zero-order valence-electron chi connectivity index (χ0n) is 8.07. The van der Waals surface area contributed by atoms with Gasteiger partial charge >= 0.3 is 0 Å². The second kappa shape index (κ2) is 2.84. The Balaban J connectivity index is 2.07. The summed E-state index contributed by atoms with van der Waals surface area (Å²) >= 11 is 0. The number of hydrogen-bond acceptors (Lipinski definition) is 1. The third-order valence-electron chi connectivity index (χ3n) is 3.33. The molecule has 0 aromatic rings. The highest BCUT2D eigenvalue weighted by Gasteiger charge is 2.33. The van der Waals surface area contributed by atoms with Crippen molar-refractivity contribution in [2.45, 2.75) is 19.3 Å². The van der Waals surface area contributed by atoms with Crippen LogP contribution >= 0.6 is 0 Å². The summed E-state index contributed by atoms with van der Waals surface area (Å²) in [5.41, 5.74) is 2.66. The first kappa shape index (κ1) is 8.04. The van der Waals surface area contributed by atoms with Gasteiger partial charge in [0.1, 0.15) is 0 Å². The maximum Gasteiger partial charge on any atom is 0.227 e. The summed E-state index contributed by atoms with van der Waals surface area (Å²) in [5.74, 6) is 0.881. The molecule has 0 saturated carbocycles. The summed E-state index contributed by atoms with van der Waals surface area (Å²) in [4.78, 5) is 13.5. The fraction of sp³-hybridized carbons (Fsp3) is 0.417. The molecule has 1 fully saturated rings. The minimum absolute atomic E-state index is 0.314. The molecule has 2 heteroatoms. The lowest BCUT2D eigenvalue weighted by Crippen LogP contribution is -2.31. The molecular formula is C12H13NO. The third kappa shape index (κ3) is 0.999. The molecule has 1 amide bonds. The van der Waals surface area contributed by atoms with Crippen LogP contribution in [0.2, 0.25) is 0 Å². The molecule has 0 bridgehead atoms. The molecule has 0 N–H and O–H groups in total. The first-order valence-electron chi connectivity index (χ1n) is 5.24. The van der Waals surface area contributed by atoms with Gasteiger partial charge in [-0.3, -0.25) is 4.79 Å². The standard InChI is InChI=1S/C12H13NO/c14-12-6-5-11-10-4-2-1-3-9(10)7-8-13(11)12/h1-4,9H,5-8H2. The quantitative estimate of drug-likeness (QED) is 0.568. The highest BCUT2D eigenvalue weighted by Crippen LogP contribution is 2.37. The smallest absolute Gasteiger partial charge is 0.227 e. The molecule has 1 unspecified atom stereocenters. The van der Waals surface area contributed by atoms with Crippen LogP contribution < -0.4 is 0 Å². The van der Waals surface area contributed by atoms with E-state index in [1.54, 1.807) is 0 Å². The van der Waals surface area contributed by atoms with Crippen LogP contribution in [0.3, 0.4) is 0 Å². The lowest BCUT2D eigenvalue weighted by Gasteiger charge is -2.31. The summed E-state index contributed by atoms with van der Waals surface area (Å²) < 4.78 is 0. The van der Waals surface area contributed by atoms with Gasteiger partial charge in [0.25, 0.3) is 0 Å². The third-order valence-corrected chi connectivity index (χ3v) is 3.33. The molecule has 0 radical (unpaired) electrons. The summed E-state index contributed by atoms with van der Waals surface area (Å²) in [6, 6.07) is 0. The summed E-state index contributed by atoms with van der Waals surface area (Å²) in [5, 5.41) is 0. The van der Waals surface area contributed by atoms with E-state index in [2.05, 4.69) is 24.3 Å². The number of allylic oxidation sites excluding steroid dienone is 6. The van der Waals surface area contributed by atoms with E-state index in [0.29, 0.717) is 18.2 Å². The molecule has 72 valence electrons. The molecule has 2 nitrogen and oxygen atoms in total. The van der Waals surface area contributed by atoms with Crippen LogP contribution in [0.5, 0.6) is 0 Å². The van der Waals surface area contributed by atoms with Crippen molar-refractivity contribution >= 4 is 5.91 Å². The van der Waals surface area contributed by atoms with Gasteiger partial charge in [-0.2, -0.15) is 0 Å². The predicted molar refractivity (Wildman–Crippen MR) is 54.4 cm³/mol. The molecule has 1 atom stereocenters. The Kier molecular flexibility index (Phi) is 1.63. The largest absolute Gasteiger partial charge is 0.316 e. The average Bonchev–Trinajstić information content (AvgIpc) is 2.61. The topological polar surface area (TPSA) is 20.3 Å². The molecule has 1 saturated heterocycles. The van der Waals surface area contributed by atoms with Crippen molar-refractivity contribution in [2.75, 3.05) is 6.54 Å². The van der Waals surface area contributed by atoms with Crippen molar-refractivity contribution in [3.05, 3.63) is 35.6 Å². The predicted octanol–water partition coefficient (Wildman–Crippen LogP) is 2.01. The fourth-order valence-corrected chi connectivity index (χ4v) is 2.62.